The highest BCUT2D eigenvalue weighted by Crippen LogP contribution is 2.24. The van der Waals surface area contributed by atoms with Crippen LogP contribution in [0.25, 0.3) is 0 Å². The number of carbonyl (C=O) groups excluding carboxylic acids is 2. The van der Waals surface area contributed by atoms with E-state index >= 15 is 0 Å². The normalized spacial score (nSPS) is 11.8. The number of carbonyl (C=O) groups is 2. The van der Waals surface area contributed by atoms with Gasteiger partial charge in [-0.3, -0.25) is 9.59 Å². The zero-order valence-corrected chi connectivity index (χ0v) is 15.3. The first kappa shape index (κ1) is 18.4. The molecule has 1 unspecified atom stereocenters. The number of benzene rings is 1. The average molecular weight is 367 g/mol. The van der Waals surface area contributed by atoms with E-state index in [1.54, 1.807) is 18.2 Å². The molecule has 0 aliphatic carbocycles. The molecule has 0 radical (unpaired) electrons. The van der Waals surface area contributed by atoms with Crippen molar-refractivity contribution in [1.29, 1.82) is 0 Å². The predicted molar refractivity (Wildman–Crippen MR) is 95.0 cm³/mol. The Labute approximate surface area is 150 Å². The van der Waals surface area contributed by atoms with E-state index in [4.69, 9.17) is 16.3 Å². The van der Waals surface area contributed by atoms with Crippen LogP contribution in [0, 0.1) is 6.92 Å². The van der Waals surface area contributed by atoms with Gasteiger partial charge in [0.15, 0.2) is 5.78 Å². The number of thiazole rings is 1. The molecular formula is C17H19ClN2O3S. The molecule has 1 atom stereocenters. The van der Waals surface area contributed by atoms with Gasteiger partial charge in [0.1, 0.15) is 5.75 Å². The van der Waals surface area contributed by atoms with Crippen molar-refractivity contribution in [2.24, 2.45) is 0 Å². The van der Waals surface area contributed by atoms with Crippen molar-refractivity contribution in [3.05, 3.63) is 44.9 Å². The zero-order chi connectivity index (χ0) is 17.7. The maximum Gasteiger partial charge on any atom is 0.220 e. The summed E-state index contributed by atoms with van der Waals surface area (Å²) in [5.41, 5.74) is 1.22. The Morgan fingerprint density at radius 3 is 2.75 bits per heavy atom. The highest BCUT2D eigenvalue weighted by atomic mass is 35.5. The fourth-order valence-corrected chi connectivity index (χ4v) is 3.10. The molecule has 1 heterocycles. The number of Topliss-reactive ketones (excluding diaryl/α,β-unsaturated/α-hetero) is 1. The summed E-state index contributed by atoms with van der Waals surface area (Å²) in [7, 11) is 1.49. The van der Waals surface area contributed by atoms with Gasteiger partial charge < -0.3 is 10.1 Å². The number of ketones is 1. The van der Waals surface area contributed by atoms with E-state index in [1.807, 2.05) is 19.2 Å². The van der Waals surface area contributed by atoms with Crippen molar-refractivity contribution in [2.45, 2.75) is 32.7 Å². The van der Waals surface area contributed by atoms with E-state index in [-0.39, 0.29) is 30.6 Å². The molecule has 0 bridgehead atoms. The van der Waals surface area contributed by atoms with E-state index in [0.29, 0.717) is 16.3 Å². The molecule has 0 saturated carbocycles. The molecule has 0 fully saturated rings. The highest BCUT2D eigenvalue weighted by Gasteiger charge is 2.16. The third-order valence-electron chi connectivity index (χ3n) is 3.50. The summed E-state index contributed by atoms with van der Waals surface area (Å²) in [5, 5.41) is 6.18. The number of amides is 1. The number of aromatic nitrogens is 1. The number of hydrogen-bond acceptors (Lipinski definition) is 5. The molecule has 7 heteroatoms. The van der Waals surface area contributed by atoms with Gasteiger partial charge in [-0.2, -0.15) is 0 Å². The van der Waals surface area contributed by atoms with E-state index in [9.17, 15) is 9.59 Å². The van der Waals surface area contributed by atoms with Crippen LogP contribution in [0.15, 0.2) is 23.6 Å². The summed E-state index contributed by atoms with van der Waals surface area (Å²) < 4.78 is 5.17. The third kappa shape index (κ3) is 4.79. The van der Waals surface area contributed by atoms with Gasteiger partial charge in [-0.15, -0.1) is 11.3 Å². The van der Waals surface area contributed by atoms with Crippen molar-refractivity contribution in [1.82, 2.24) is 10.3 Å². The minimum Gasteiger partial charge on any atom is -0.496 e. The lowest BCUT2D eigenvalue weighted by Gasteiger charge is -2.12. The molecule has 128 valence electrons. The predicted octanol–water partition coefficient (Wildman–Crippen LogP) is 3.95. The average Bonchev–Trinajstić information content (AvgIpc) is 2.99. The first-order valence-electron chi connectivity index (χ1n) is 7.49. The van der Waals surface area contributed by atoms with Crippen LogP contribution in [0.2, 0.25) is 5.02 Å². The van der Waals surface area contributed by atoms with Crippen LogP contribution in [0.1, 0.15) is 46.9 Å². The number of nitrogens with one attached hydrogen (secondary N) is 1. The number of ether oxygens (including phenoxy) is 1. The minimum atomic E-state index is -0.192. The van der Waals surface area contributed by atoms with Gasteiger partial charge in [0, 0.05) is 23.2 Å². The monoisotopic (exact) mass is 366 g/mol. The Balaban J connectivity index is 1.92. The fraction of sp³-hybridized carbons (Fsp3) is 0.353. The van der Waals surface area contributed by atoms with Gasteiger partial charge in [0.25, 0.3) is 0 Å². The molecule has 0 aliphatic heterocycles. The van der Waals surface area contributed by atoms with Gasteiger partial charge in [-0.1, -0.05) is 11.6 Å². The molecule has 0 spiro atoms. The SMILES string of the molecule is COc1ccc(Cl)cc1C(=O)CCC(=O)NC(C)c1csc(C)n1. The van der Waals surface area contributed by atoms with Crippen molar-refractivity contribution in [3.8, 4) is 5.75 Å². The summed E-state index contributed by atoms with van der Waals surface area (Å²) in [5.74, 6) is 0.0836. The van der Waals surface area contributed by atoms with Gasteiger partial charge in [0.05, 0.1) is 29.4 Å². The van der Waals surface area contributed by atoms with E-state index < -0.39 is 0 Å². The minimum absolute atomic E-state index is 0.0886. The fourth-order valence-electron chi connectivity index (χ4n) is 2.23. The highest BCUT2D eigenvalue weighted by molar-refractivity contribution is 7.09. The molecule has 1 aromatic carbocycles. The molecule has 2 aromatic rings. The second kappa shape index (κ2) is 8.26. The van der Waals surface area contributed by atoms with Crippen LogP contribution in [-0.4, -0.2) is 23.8 Å². The Bertz CT molecular complexity index is 745. The third-order valence-corrected chi connectivity index (χ3v) is 4.53. The van der Waals surface area contributed by atoms with Crippen LogP contribution >= 0.6 is 22.9 Å². The molecule has 1 aromatic heterocycles. The standard InChI is InChI=1S/C17H19ClN2O3S/c1-10(14-9-24-11(2)20-14)19-17(22)7-5-15(21)13-8-12(18)4-6-16(13)23-3/h4,6,8-10H,5,7H2,1-3H3,(H,19,22). The van der Waals surface area contributed by atoms with E-state index in [2.05, 4.69) is 10.3 Å². The summed E-state index contributed by atoms with van der Waals surface area (Å²) in [6.07, 6.45) is 0.188. The van der Waals surface area contributed by atoms with Crippen LogP contribution in [0.3, 0.4) is 0 Å². The molecular weight excluding hydrogens is 348 g/mol. The first-order valence-corrected chi connectivity index (χ1v) is 8.74. The molecule has 5 nitrogen and oxygen atoms in total. The second-order valence-electron chi connectivity index (χ2n) is 5.35. The lowest BCUT2D eigenvalue weighted by molar-refractivity contribution is -0.121. The van der Waals surface area contributed by atoms with Crippen molar-refractivity contribution in [2.75, 3.05) is 7.11 Å². The smallest absolute Gasteiger partial charge is 0.220 e. The van der Waals surface area contributed by atoms with Crippen molar-refractivity contribution >= 4 is 34.6 Å². The number of methoxy groups -OCH3 is 1. The van der Waals surface area contributed by atoms with Crippen molar-refractivity contribution in [3.63, 3.8) is 0 Å². The second-order valence-corrected chi connectivity index (χ2v) is 6.85. The van der Waals surface area contributed by atoms with Crippen LogP contribution in [0.4, 0.5) is 0 Å². The number of halogens is 1. The Hall–Kier alpha value is -1.92. The Morgan fingerprint density at radius 1 is 1.38 bits per heavy atom. The Morgan fingerprint density at radius 2 is 2.12 bits per heavy atom. The summed E-state index contributed by atoms with van der Waals surface area (Å²) >= 11 is 7.46. The largest absolute Gasteiger partial charge is 0.496 e. The van der Waals surface area contributed by atoms with E-state index in [1.165, 1.54) is 18.4 Å². The zero-order valence-electron chi connectivity index (χ0n) is 13.8. The van der Waals surface area contributed by atoms with Gasteiger partial charge in [0.2, 0.25) is 5.91 Å². The lowest BCUT2D eigenvalue weighted by Crippen LogP contribution is -2.27. The van der Waals surface area contributed by atoms with Crippen LogP contribution < -0.4 is 10.1 Å². The first-order chi connectivity index (χ1) is 11.4. The summed E-state index contributed by atoms with van der Waals surface area (Å²) in [4.78, 5) is 28.7. The molecule has 1 N–H and O–H groups in total. The molecule has 24 heavy (non-hydrogen) atoms. The summed E-state index contributed by atoms with van der Waals surface area (Å²) in [6.45, 7) is 3.79. The lowest BCUT2D eigenvalue weighted by atomic mass is 10.1. The Kier molecular flexibility index (Phi) is 6.34. The number of nitrogens with zero attached hydrogens (tertiary/aromatic N) is 1. The number of rotatable bonds is 7. The summed E-state index contributed by atoms with van der Waals surface area (Å²) in [6, 6.07) is 4.67. The number of hydrogen-bond donors (Lipinski definition) is 1. The number of aryl methyl sites for hydroxylation is 1. The van der Waals surface area contributed by atoms with Crippen LogP contribution in [0.5, 0.6) is 5.75 Å². The van der Waals surface area contributed by atoms with Gasteiger partial charge in [-0.05, 0) is 32.0 Å². The van der Waals surface area contributed by atoms with E-state index in [0.717, 1.165) is 10.7 Å². The maximum absolute atomic E-state index is 12.3. The van der Waals surface area contributed by atoms with Crippen molar-refractivity contribution < 1.29 is 14.3 Å². The molecule has 0 aliphatic rings. The van der Waals surface area contributed by atoms with Gasteiger partial charge >= 0.3 is 0 Å². The van der Waals surface area contributed by atoms with Crippen LogP contribution in [-0.2, 0) is 4.79 Å². The molecule has 1 amide bonds. The topological polar surface area (TPSA) is 68.3 Å². The molecule has 0 saturated heterocycles. The maximum atomic E-state index is 12.3. The molecule has 2 rings (SSSR count). The van der Waals surface area contributed by atoms with Gasteiger partial charge in [-0.25, -0.2) is 4.98 Å². The quantitative estimate of drug-likeness (QED) is 0.753.